The minimum absolute atomic E-state index is 0.00899. The molecule has 0 radical (unpaired) electrons. The molecule has 1 aromatic heterocycles. The molecule has 1 aliphatic rings. The number of aliphatic hydroxyl groups excluding tert-OH is 1. The van der Waals surface area contributed by atoms with E-state index in [4.69, 9.17) is 4.42 Å². The topological polar surface area (TPSA) is 78.6 Å². The highest BCUT2D eigenvalue weighted by atomic mass is 16.3. The molecule has 6 heteroatoms. The van der Waals surface area contributed by atoms with Crippen molar-refractivity contribution in [2.45, 2.75) is 25.8 Å². The molecule has 0 bridgehead atoms. The van der Waals surface area contributed by atoms with Crippen LogP contribution in [0.2, 0.25) is 0 Å². The second-order valence-corrected chi connectivity index (χ2v) is 5.91. The highest BCUT2D eigenvalue weighted by Crippen LogP contribution is 2.25. The molecule has 1 fully saturated rings. The lowest BCUT2D eigenvalue weighted by molar-refractivity contribution is 0.0811. The van der Waals surface area contributed by atoms with Gasteiger partial charge < -0.3 is 19.7 Å². The van der Waals surface area contributed by atoms with E-state index in [-0.39, 0.29) is 18.7 Å². The number of nitrogens with one attached hydrogen (secondary N) is 1. The number of aliphatic hydroxyl groups is 1. The summed E-state index contributed by atoms with van der Waals surface area (Å²) in [4.78, 5) is 18.4. The summed E-state index contributed by atoms with van der Waals surface area (Å²) in [7, 11) is 0. The van der Waals surface area contributed by atoms with Crippen molar-refractivity contribution in [2.24, 2.45) is 5.92 Å². The number of amides is 2. The molecule has 2 unspecified atom stereocenters. The molecule has 0 spiro atoms. The molecule has 1 aliphatic heterocycles. The maximum absolute atomic E-state index is 12.5. The second-order valence-electron chi connectivity index (χ2n) is 5.91. The highest BCUT2D eigenvalue weighted by Gasteiger charge is 2.31. The number of hydrogen-bond donors (Lipinski definition) is 2. The lowest BCUT2D eigenvalue weighted by atomic mass is 9.91. The second kappa shape index (κ2) is 6.83. The van der Waals surface area contributed by atoms with E-state index in [0.29, 0.717) is 24.0 Å². The first-order valence-corrected chi connectivity index (χ1v) is 7.87. The molecular weight excluding hydrogens is 294 g/mol. The number of urea groups is 1. The maximum Gasteiger partial charge on any atom is 0.322 e. The van der Waals surface area contributed by atoms with Crippen molar-refractivity contribution in [1.29, 1.82) is 0 Å². The number of benzene rings is 1. The largest absolute Gasteiger partial charge is 0.445 e. The number of piperidine rings is 1. The molecule has 2 N–H and O–H groups in total. The summed E-state index contributed by atoms with van der Waals surface area (Å²) in [6.45, 7) is 2.73. The van der Waals surface area contributed by atoms with Crippen molar-refractivity contribution in [2.75, 3.05) is 18.5 Å². The van der Waals surface area contributed by atoms with Crippen molar-refractivity contribution in [3.8, 4) is 11.5 Å². The Morgan fingerprint density at radius 2 is 2.39 bits per heavy atom. The Labute approximate surface area is 135 Å². The van der Waals surface area contributed by atoms with Gasteiger partial charge in [-0.2, -0.15) is 0 Å². The normalized spacial score (nSPS) is 21.2. The van der Waals surface area contributed by atoms with Gasteiger partial charge in [-0.15, -0.1) is 0 Å². The molecular formula is C17H21N3O3. The zero-order valence-electron chi connectivity index (χ0n) is 13.1. The number of nitrogens with zero attached hydrogens (tertiary/aromatic N) is 2. The Hall–Kier alpha value is -2.34. The molecule has 3 rings (SSSR count). The fourth-order valence-corrected chi connectivity index (χ4v) is 3.07. The molecule has 2 heterocycles. The predicted molar refractivity (Wildman–Crippen MR) is 86.9 cm³/mol. The molecule has 0 saturated carbocycles. The number of carbonyl (C=O) groups excluding carboxylic acids is 1. The van der Waals surface area contributed by atoms with Crippen LogP contribution in [0.25, 0.3) is 11.5 Å². The summed E-state index contributed by atoms with van der Waals surface area (Å²) in [6, 6.07) is 7.06. The average Bonchev–Trinajstić information content (AvgIpc) is 3.09. The molecule has 6 nitrogen and oxygen atoms in total. The number of hydrogen-bond acceptors (Lipinski definition) is 4. The van der Waals surface area contributed by atoms with Crippen LogP contribution in [-0.4, -0.2) is 40.2 Å². The summed E-state index contributed by atoms with van der Waals surface area (Å²) in [5.74, 6) is 0.819. The van der Waals surface area contributed by atoms with Crippen LogP contribution in [0.5, 0.6) is 0 Å². The summed E-state index contributed by atoms with van der Waals surface area (Å²) < 4.78 is 5.28. The molecule has 23 heavy (non-hydrogen) atoms. The number of likely N-dealkylation sites (tertiary alicyclic amines) is 1. The van der Waals surface area contributed by atoms with Crippen LogP contribution < -0.4 is 5.32 Å². The van der Waals surface area contributed by atoms with E-state index in [0.717, 1.165) is 18.4 Å². The number of carbonyl (C=O) groups is 1. The third-order valence-electron chi connectivity index (χ3n) is 4.36. The van der Waals surface area contributed by atoms with E-state index in [2.05, 4.69) is 17.2 Å². The Balaban J connectivity index is 1.74. The lowest BCUT2D eigenvalue weighted by Crippen LogP contribution is -2.51. The van der Waals surface area contributed by atoms with Crippen molar-refractivity contribution < 1.29 is 14.3 Å². The van der Waals surface area contributed by atoms with Gasteiger partial charge in [-0.1, -0.05) is 13.0 Å². The first kappa shape index (κ1) is 15.6. The van der Waals surface area contributed by atoms with Gasteiger partial charge in [0, 0.05) is 17.8 Å². The van der Waals surface area contributed by atoms with E-state index in [1.54, 1.807) is 11.1 Å². The van der Waals surface area contributed by atoms with Crippen LogP contribution in [-0.2, 0) is 0 Å². The van der Waals surface area contributed by atoms with Crippen LogP contribution in [0.1, 0.15) is 19.8 Å². The minimum atomic E-state index is -0.180. The standard InChI is InChI=1S/C17H21N3O3/c1-12-4-3-8-20(15(12)11-21)17(22)19-14-6-2-5-13(10-14)16-18-7-9-23-16/h2,5-7,9-10,12,15,21H,3-4,8,11H2,1H3,(H,19,22). The molecule has 1 aromatic carbocycles. The summed E-state index contributed by atoms with van der Waals surface area (Å²) in [5.41, 5.74) is 1.49. The molecule has 122 valence electrons. The number of anilines is 1. The fourth-order valence-electron chi connectivity index (χ4n) is 3.07. The zero-order chi connectivity index (χ0) is 16.2. The van der Waals surface area contributed by atoms with Crippen molar-refractivity contribution in [3.05, 3.63) is 36.7 Å². The van der Waals surface area contributed by atoms with Gasteiger partial charge in [0.25, 0.3) is 0 Å². The van der Waals surface area contributed by atoms with Gasteiger partial charge in [0.05, 0.1) is 18.8 Å². The monoisotopic (exact) mass is 315 g/mol. The number of aromatic nitrogens is 1. The Kier molecular flexibility index (Phi) is 4.62. The van der Waals surface area contributed by atoms with Gasteiger partial charge in [-0.3, -0.25) is 0 Å². The molecule has 0 aliphatic carbocycles. The smallest absolute Gasteiger partial charge is 0.322 e. The van der Waals surface area contributed by atoms with Crippen molar-refractivity contribution >= 4 is 11.7 Å². The van der Waals surface area contributed by atoms with Gasteiger partial charge in [0.1, 0.15) is 6.26 Å². The molecule has 2 aromatic rings. The quantitative estimate of drug-likeness (QED) is 0.912. The van der Waals surface area contributed by atoms with Gasteiger partial charge in [-0.05, 0) is 37.0 Å². The van der Waals surface area contributed by atoms with E-state index in [1.807, 2.05) is 24.3 Å². The Bertz CT molecular complexity index is 657. The first-order valence-electron chi connectivity index (χ1n) is 7.87. The van der Waals surface area contributed by atoms with Gasteiger partial charge >= 0.3 is 6.03 Å². The van der Waals surface area contributed by atoms with E-state index < -0.39 is 0 Å². The van der Waals surface area contributed by atoms with E-state index >= 15 is 0 Å². The SMILES string of the molecule is CC1CCCN(C(=O)Nc2cccc(-c3ncco3)c2)C1CO. The number of rotatable bonds is 3. The first-order chi connectivity index (χ1) is 11.2. The lowest BCUT2D eigenvalue weighted by Gasteiger charge is -2.38. The highest BCUT2D eigenvalue weighted by molar-refractivity contribution is 5.90. The van der Waals surface area contributed by atoms with Crippen LogP contribution in [0.4, 0.5) is 10.5 Å². The van der Waals surface area contributed by atoms with E-state index in [1.165, 1.54) is 6.26 Å². The van der Waals surface area contributed by atoms with Crippen LogP contribution in [0.3, 0.4) is 0 Å². The molecule has 2 atom stereocenters. The third-order valence-corrected chi connectivity index (χ3v) is 4.36. The third kappa shape index (κ3) is 3.37. The van der Waals surface area contributed by atoms with Crippen LogP contribution >= 0.6 is 0 Å². The molecule has 1 saturated heterocycles. The minimum Gasteiger partial charge on any atom is -0.445 e. The van der Waals surface area contributed by atoms with Crippen molar-refractivity contribution in [3.63, 3.8) is 0 Å². The fraction of sp³-hybridized carbons (Fsp3) is 0.412. The molecule has 2 amide bonds. The summed E-state index contributed by atoms with van der Waals surface area (Å²) in [5, 5.41) is 12.5. The van der Waals surface area contributed by atoms with Gasteiger partial charge in [0.15, 0.2) is 0 Å². The summed E-state index contributed by atoms with van der Waals surface area (Å²) >= 11 is 0. The van der Waals surface area contributed by atoms with Crippen LogP contribution in [0, 0.1) is 5.92 Å². The maximum atomic E-state index is 12.5. The van der Waals surface area contributed by atoms with E-state index in [9.17, 15) is 9.90 Å². The van der Waals surface area contributed by atoms with Crippen LogP contribution in [0.15, 0.2) is 41.1 Å². The number of oxazole rings is 1. The zero-order valence-corrected chi connectivity index (χ0v) is 13.1. The van der Waals surface area contributed by atoms with Gasteiger partial charge in [0.2, 0.25) is 5.89 Å². The Morgan fingerprint density at radius 3 is 3.13 bits per heavy atom. The van der Waals surface area contributed by atoms with Gasteiger partial charge in [-0.25, -0.2) is 9.78 Å². The Morgan fingerprint density at radius 1 is 1.52 bits per heavy atom. The summed E-state index contributed by atoms with van der Waals surface area (Å²) in [6.07, 6.45) is 5.10. The predicted octanol–water partition coefficient (Wildman–Crippen LogP) is 2.97. The van der Waals surface area contributed by atoms with Crippen molar-refractivity contribution in [1.82, 2.24) is 9.88 Å². The average molecular weight is 315 g/mol.